The molecule has 0 saturated carbocycles. The van der Waals surface area contributed by atoms with Gasteiger partial charge in [-0.05, 0) is 89.1 Å². The predicted octanol–water partition coefficient (Wildman–Crippen LogP) is 5.66. The summed E-state index contributed by atoms with van der Waals surface area (Å²) in [4.78, 5) is 14.2. The lowest BCUT2D eigenvalue weighted by Gasteiger charge is -2.47. The Kier molecular flexibility index (Phi) is 8.24. The number of aromatic nitrogens is 2. The van der Waals surface area contributed by atoms with Crippen LogP contribution in [-0.4, -0.2) is 58.3 Å². The highest BCUT2D eigenvalue weighted by molar-refractivity contribution is 6.35. The molecule has 0 spiro atoms. The largest absolute Gasteiger partial charge is 0.390 e. The summed E-state index contributed by atoms with van der Waals surface area (Å²) in [6.45, 7) is 11.4. The van der Waals surface area contributed by atoms with Crippen LogP contribution in [0.4, 0.5) is 11.6 Å². The van der Waals surface area contributed by atoms with Crippen molar-refractivity contribution in [1.82, 2.24) is 14.9 Å². The van der Waals surface area contributed by atoms with Gasteiger partial charge in [0.25, 0.3) is 0 Å². The van der Waals surface area contributed by atoms with Crippen LogP contribution in [0.25, 0.3) is 0 Å². The van der Waals surface area contributed by atoms with Crippen molar-refractivity contribution < 1.29 is 5.11 Å². The average Bonchev–Trinajstić information content (AvgIpc) is 2.72. The van der Waals surface area contributed by atoms with E-state index in [9.17, 15) is 5.11 Å². The van der Waals surface area contributed by atoms with Crippen LogP contribution >= 0.6 is 23.2 Å². The maximum Gasteiger partial charge on any atom is 0.149 e. The Morgan fingerprint density at radius 1 is 1.18 bits per heavy atom. The van der Waals surface area contributed by atoms with Gasteiger partial charge in [-0.15, -0.1) is 0 Å². The number of benzene rings is 1. The zero-order valence-electron chi connectivity index (χ0n) is 20.5. The first kappa shape index (κ1) is 25.5. The van der Waals surface area contributed by atoms with Gasteiger partial charge in [-0.1, -0.05) is 29.3 Å². The van der Waals surface area contributed by atoms with Gasteiger partial charge in [0.15, 0.2) is 0 Å². The Hall–Kier alpha value is -1.60. The van der Waals surface area contributed by atoms with Crippen molar-refractivity contribution in [1.29, 1.82) is 0 Å². The van der Waals surface area contributed by atoms with Crippen molar-refractivity contribution in [2.45, 2.75) is 58.1 Å². The molecular formula is C26H37Cl2N5O. The molecule has 0 radical (unpaired) electrons. The normalized spacial score (nSPS) is 20.8. The van der Waals surface area contributed by atoms with E-state index in [1.165, 1.54) is 25.9 Å². The lowest BCUT2D eigenvalue weighted by atomic mass is 9.80. The molecule has 0 bridgehead atoms. The molecule has 2 fully saturated rings. The summed E-state index contributed by atoms with van der Waals surface area (Å²) in [6.07, 6.45) is 8.11. The number of anilines is 2. The molecular weight excluding hydrogens is 469 g/mol. The third kappa shape index (κ3) is 6.75. The fourth-order valence-corrected chi connectivity index (χ4v) is 5.71. The van der Waals surface area contributed by atoms with E-state index < -0.39 is 5.60 Å². The molecule has 3 heterocycles. The molecule has 6 nitrogen and oxygen atoms in total. The van der Waals surface area contributed by atoms with E-state index in [4.69, 9.17) is 28.2 Å². The molecule has 1 aromatic heterocycles. The summed E-state index contributed by atoms with van der Waals surface area (Å²) in [7, 11) is 0. The summed E-state index contributed by atoms with van der Waals surface area (Å²) in [6, 6.07) is 5.54. The van der Waals surface area contributed by atoms with Crippen LogP contribution in [0.5, 0.6) is 0 Å². The van der Waals surface area contributed by atoms with E-state index in [1.807, 2.05) is 32.2 Å². The zero-order chi connectivity index (χ0) is 24.3. The number of halogens is 2. The highest BCUT2D eigenvalue weighted by Crippen LogP contribution is 2.34. The monoisotopic (exact) mass is 505 g/mol. The van der Waals surface area contributed by atoms with Crippen molar-refractivity contribution in [3.63, 3.8) is 0 Å². The third-order valence-electron chi connectivity index (χ3n) is 7.12. The highest BCUT2D eigenvalue weighted by atomic mass is 35.5. The van der Waals surface area contributed by atoms with Gasteiger partial charge in [-0.3, -0.25) is 4.98 Å². The van der Waals surface area contributed by atoms with E-state index in [1.54, 1.807) is 12.3 Å². The molecule has 0 amide bonds. The van der Waals surface area contributed by atoms with E-state index in [0.717, 1.165) is 55.6 Å². The number of rotatable bonds is 9. The summed E-state index contributed by atoms with van der Waals surface area (Å²) in [5.41, 5.74) is 0.416. The minimum atomic E-state index is -0.563. The molecule has 0 unspecified atom stereocenters. The van der Waals surface area contributed by atoms with Crippen LogP contribution in [0.15, 0.2) is 30.6 Å². The fourth-order valence-electron chi connectivity index (χ4n) is 5.14. The third-order valence-corrected chi connectivity index (χ3v) is 7.68. The molecule has 2 saturated heterocycles. The number of piperidine rings is 1. The zero-order valence-corrected chi connectivity index (χ0v) is 22.0. The number of aliphatic hydroxyl groups is 1. The Balaban J connectivity index is 1.28. The molecule has 4 rings (SSSR count). The van der Waals surface area contributed by atoms with Gasteiger partial charge in [0.2, 0.25) is 0 Å². The van der Waals surface area contributed by atoms with Crippen molar-refractivity contribution in [2.24, 2.45) is 11.8 Å². The quantitative estimate of drug-likeness (QED) is 0.458. The number of hydrogen-bond donors (Lipinski definition) is 2. The molecule has 0 aliphatic carbocycles. The lowest BCUT2D eigenvalue weighted by molar-refractivity contribution is 0.0594. The van der Waals surface area contributed by atoms with Gasteiger partial charge in [0, 0.05) is 29.7 Å². The van der Waals surface area contributed by atoms with Gasteiger partial charge in [0.1, 0.15) is 11.6 Å². The molecule has 8 heteroatoms. The van der Waals surface area contributed by atoms with E-state index in [-0.39, 0.29) is 6.04 Å². The second-order valence-corrected chi connectivity index (χ2v) is 11.4. The Morgan fingerprint density at radius 2 is 1.97 bits per heavy atom. The minimum Gasteiger partial charge on any atom is -0.390 e. The topological polar surface area (TPSA) is 64.5 Å². The number of hydrogen-bond acceptors (Lipinski definition) is 6. The maximum atomic E-state index is 9.97. The molecule has 2 aromatic rings. The molecule has 2 aliphatic heterocycles. The van der Waals surface area contributed by atoms with E-state index >= 15 is 0 Å². The van der Waals surface area contributed by atoms with Crippen LogP contribution in [0.1, 0.15) is 58.1 Å². The number of likely N-dealkylation sites (tertiary alicyclic amines) is 1. The minimum absolute atomic E-state index is 0.0110. The molecule has 34 heavy (non-hydrogen) atoms. The van der Waals surface area contributed by atoms with Crippen LogP contribution in [0.3, 0.4) is 0 Å². The Bertz CT molecular complexity index is 960. The fraction of sp³-hybridized carbons (Fsp3) is 0.615. The van der Waals surface area contributed by atoms with Gasteiger partial charge in [-0.25, -0.2) is 4.98 Å². The van der Waals surface area contributed by atoms with Crippen LogP contribution in [0.2, 0.25) is 10.0 Å². The standard InChI is InChI=1S/C26H37Cl2N5O/c1-18(22-8-7-21(27)12-23(22)28)30-24-13-29-14-25(31-24)33-16-20(17-33)19-6-4-10-32(15-19)11-5-9-26(2,3)34/h7-8,12-14,18-20,34H,4-6,9-11,15-17H2,1-3H3,(H,30,31)/t18-,19+/m1/s1. The summed E-state index contributed by atoms with van der Waals surface area (Å²) in [5.74, 6) is 3.12. The number of nitrogens with zero attached hydrogens (tertiary/aromatic N) is 4. The lowest BCUT2D eigenvalue weighted by Crippen LogP contribution is -2.54. The van der Waals surface area contributed by atoms with Crippen molar-refractivity contribution in [2.75, 3.05) is 42.9 Å². The highest BCUT2D eigenvalue weighted by Gasteiger charge is 2.36. The Labute approximate surface area is 213 Å². The van der Waals surface area contributed by atoms with Crippen molar-refractivity contribution in [3.05, 3.63) is 46.2 Å². The molecule has 2 N–H and O–H groups in total. The first-order valence-corrected chi connectivity index (χ1v) is 13.2. The van der Waals surface area contributed by atoms with Crippen molar-refractivity contribution in [3.8, 4) is 0 Å². The van der Waals surface area contributed by atoms with Crippen molar-refractivity contribution >= 4 is 34.8 Å². The SMILES string of the molecule is C[C@@H](Nc1cncc(N2CC([C@H]3CCCN(CCCC(C)(C)O)C3)C2)n1)c1ccc(Cl)cc1Cl. The van der Waals surface area contributed by atoms with Crippen LogP contribution in [0, 0.1) is 11.8 Å². The van der Waals surface area contributed by atoms with Gasteiger partial charge in [-0.2, -0.15) is 0 Å². The second kappa shape index (κ2) is 11.0. The predicted molar refractivity (Wildman–Crippen MR) is 141 cm³/mol. The molecule has 1 aromatic carbocycles. The second-order valence-electron chi connectivity index (χ2n) is 10.6. The summed E-state index contributed by atoms with van der Waals surface area (Å²) in [5, 5.41) is 14.7. The first-order chi connectivity index (χ1) is 16.2. The first-order valence-electron chi connectivity index (χ1n) is 12.4. The summed E-state index contributed by atoms with van der Waals surface area (Å²) < 4.78 is 0. The summed E-state index contributed by atoms with van der Waals surface area (Å²) >= 11 is 12.4. The van der Waals surface area contributed by atoms with Crippen LogP contribution < -0.4 is 10.2 Å². The average molecular weight is 507 g/mol. The van der Waals surface area contributed by atoms with Gasteiger partial charge in [0.05, 0.1) is 24.0 Å². The van der Waals surface area contributed by atoms with Gasteiger partial charge < -0.3 is 20.2 Å². The van der Waals surface area contributed by atoms with Gasteiger partial charge >= 0.3 is 0 Å². The van der Waals surface area contributed by atoms with Crippen LogP contribution in [-0.2, 0) is 0 Å². The molecule has 2 aliphatic rings. The molecule has 2 atom stereocenters. The van der Waals surface area contributed by atoms with E-state index in [2.05, 4.69) is 27.0 Å². The molecule has 186 valence electrons. The van der Waals surface area contributed by atoms with E-state index in [0.29, 0.717) is 16.0 Å². The Morgan fingerprint density at radius 3 is 2.71 bits per heavy atom. The number of nitrogens with one attached hydrogen (secondary N) is 1. The maximum absolute atomic E-state index is 9.97. The smallest absolute Gasteiger partial charge is 0.149 e.